The lowest BCUT2D eigenvalue weighted by molar-refractivity contribution is 0.581. The van der Waals surface area contributed by atoms with Crippen LogP contribution in [0.3, 0.4) is 0 Å². The third kappa shape index (κ3) is 2.14. The molecule has 0 spiro atoms. The molecule has 0 saturated heterocycles. The van der Waals surface area contributed by atoms with Gasteiger partial charge >= 0.3 is 0 Å². The minimum Gasteiger partial charge on any atom is -0.434 e. The zero-order chi connectivity index (χ0) is 14.4. The molecule has 102 valence electrons. The van der Waals surface area contributed by atoms with Gasteiger partial charge in [-0.15, -0.1) is 0 Å². The number of hydrogen-bond acceptors (Lipinski definition) is 3. The van der Waals surface area contributed by atoms with Crippen molar-refractivity contribution in [3.8, 4) is 11.5 Å². The molecular weight excluding hydrogens is 354 g/mol. The van der Waals surface area contributed by atoms with Gasteiger partial charge in [-0.05, 0) is 24.3 Å². The number of hydrogen-bond donors (Lipinski definition) is 1. The first-order chi connectivity index (χ1) is 9.45. The van der Waals surface area contributed by atoms with Gasteiger partial charge in [0.15, 0.2) is 5.58 Å². The number of anilines is 1. The second kappa shape index (κ2) is 4.71. The van der Waals surface area contributed by atoms with E-state index in [1.54, 1.807) is 12.1 Å². The second-order valence-electron chi connectivity index (χ2n) is 4.11. The van der Waals surface area contributed by atoms with Crippen LogP contribution >= 0.6 is 27.5 Å². The fraction of sp³-hybridized carbons (Fsp3) is 0. The zero-order valence-electron chi connectivity index (χ0n) is 9.75. The van der Waals surface area contributed by atoms with Crippen LogP contribution in [0.2, 0.25) is 5.02 Å². The highest BCUT2D eigenvalue weighted by Crippen LogP contribution is 2.33. The van der Waals surface area contributed by atoms with Gasteiger partial charge in [-0.25, -0.2) is 13.8 Å². The summed E-state index contributed by atoms with van der Waals surface area (Å²) in [5.41, 5.74) is 6.79. The van der Waals surface area contributed by atoms with Crippen LogP contribution in [-0.2, 0) is 0 Å². The van der Waals surface area contributed by atoms with E-state index in [1.807, 2.05) is 0 Å². The second-order valence-corrected chi connectivity index (χ2v) is 5.43. The molecule has 0 aliphatic heterocycles. The molecule has 0 fully saturated rings. The smallest absolute Gasteiger partial charge is 0.230 e. The zero-order valence-corrected chi connectivity index (χ0v) is 12.1. The summed E-state index contributed by atoms with van der Waals surface area (Å²) in [6, 6.07) is 5.12. The molecule has 20 heavy (non-hydrogen) atoms. The van der Waals surface area contributed by atoms with Gasteiger partial charge in [-0.3, -0.25) is 0 Å². The van der Waals surface area contributed by atoms with Crippen LogP contribution in [0, 0.1) is 11.6 Å². The SMILES string of the molecule is Nc1cc(Br)cc2nc(-c3cc(F)c(Cl)cc3F)oc12. The maximum Gasteiger partial charge on any atom is 0.230 e. The number of nitrogen functional groups attached to an aromatic ring is 1. The Bertz CT molecular complexity index is 835. The minimum atomic E-state index is -0.750. The van der Waals surface area contributed by atoms with Crippen molar-refractivity contribution in [2.24, 2.45) is 0 Å². The van der Waals surface area contributed by atoms with Crippen LogP contribution in [0.25, 0.3) is 22.6 Å². The fourth-order valence-corrected chi connectivity index (χ4v) is 2.44. The number of rotatable bonds is 1. The van der Waals surface area contributed by atoms with E-state index in [2.05, 4.69) is 20.9 Å². The van der Waals surface area contributed by atoms with E-state index in [4.69, 9.17) is 21.8 Å². The van der Waals surface area contributed by atoms with Crippen LogP contribution in [0.4, 0.5) is 14.5 Å². The molecule has 0 amide bonds. The van der Waals surface area contributed by atoms with E-state index >= 15 is 0 Å². The maximum atomic E-state index is 13.8. The normalized spacial score (nSPS) is 11.2. The fourth-order valence-electron chi connectivity index (χ4n) is 1.82. The first-order valence-electron chi connectivity index (χ1n) is 5.46. The van der Waals surface area contributed by atoms with E-state index < -0.39 is 11.6 Å². The molecule has 0 aliphatic rings. The molecule has 7 heteroatoms. The highest BCUT2D eigenvalue weighted by atomic mass is 79.9. The molecule has 2 aromatic carbocycles. The summed E-state index contributed by atoms with van der Waals surface area (Å²) in [7, 11) is 0. The molecule has 0 aliphatic carbocycles. The van der Waals surface area contributed by atoms with Gasteiger partial charge in [-0.2, -0.15) is 0 Å². The molecule has 1 heterocycles. The van der Waals surface area contributed by atoms with Crippen molar-refractivity contribution in [1.29, 1.82) is 0 Å². The van der Waals surface area contributed by atoms with Gasteiger partial charge in [0.2, 0.25) is 5.89 Å². The van der Waals surface area contributed by atoms with Crippen LogP contribution in [0.1, 0.15) is 0 Å². The van der Waals surface area contributed by atoms with Crippen molar-refractivity contribution >= 4 is 44.3 Å². The first kappa shape index (κ1) is 13.3. The molecular formula is C13H6BrClF2N2O. The quantitative estimate of drug-likeness (QED) is 0.503. The first-order valence-corrected chi connectivity index (χ1v) is 6.63. The standard InChI is InChI=1S/C13H6BrClF2N2O/c14-5-1-10(18)12-11(2-5)19-13(20-12)6-3-9(17)7(15)4-8(6)16/h1-4H,18H2. The average molecular weight is 360 g/mol. The predicted octanol–water partition coefficient (Wildman–Crippen LogP) is 4.77. The van der Waals surface area contributed by atoms with Gasteiger partial charge in [0.1, 0.15) is 17.2 Å². The third-order valence-corrected chi connectivity index (χ3v) is 3.47. The van der Waals surface area contributed by atoms with Crippen molar-refractivity contribution in [2.75, 3.05) is 5.73 Å². The van der Waals surface area contributed by atoms with E-state index in [-0.39, 0.29) is 16.5 Å². The van der Waals surface area contributed by atoms with E-state index in [0.717, 1.165) is 12.1 Å². The summed E-state index contributed by atoms with van der Waals surface area (Å²) >= 11 is 8.78. The Labute approximate surface area is 125 Å². The summed E-state index contributed by atoms with van der Waals surface area (Å²) < 4.78 is 33.4. The van der Waals surface area contributed by atoms with Gasteiger partial charge in [-0.1, -0.05) is 27.5 Å². The molecule has 3 aromatic rings. The lowest BCUT2D eigenvalue weighted by Gasteiger charge is -2.00. The summed E-state index contributed by atoms with van der Waals surface area (Å²) in [5, 5.41) is -0.301. The lowest BCUT2D eigenvalue weighted by Crippen LogP contribution is -1.88. The average Bonchev–Trinajstić information content (AvgIpc) is 2.77. The predicted molar refractivity (Wildman–Crippen MR) is 76.5 cm³/mol. The Kier molecular flexibility index (Phi) is 3.14. The monoisotopic (exact) mass is 358 g/mol. The van der Waals surface area contributed by atoms with Crippen LogP contribution in [-0.4, -0.2) is 4.98 Å². The Balaban J connectivity index is 2.25. The van der Waals surface area contributed by atoms with Crippen LogP contribution < -0.4 is 5.73 Å². The van der Waals surface area contributed by atoms with Gasteiger partial charge < -0.3 is 10.2 Å². The van der Waals surface area contributed by atoms with E-state index in [1.165, 1.54) is 0 Å². The number of aromatic nitrogens is 1. The number of nitrogens with two attached hydrogens (primary N) is 1. The third-order valence-electron chi connectivity index (χ3n) is 2.72. The Morgan fingerprint density at radius 1 is 1.15 bits per heavy atom. The minimum absolute atomic E-state index is 0.0575. The Morgan fingerprint density at radius 3 is 2.65 bits per heavy atom. The largest absolute Gasteiger partial charge is 0.434 e. The van der Waals surface area contributed by atoms with E-state index in [9.17, 15) is 8.78 Å². The summed E-state index contributed by atoms with van der Waals surface area (Å²) in [6.45, 7) is 0. The number of halogens is 4. The Hall–Kier alpha value is -1.66. The van der Waals surface area contributed by atoms with Gasteiger partial charge in [0.05, 0.1) is 16.3 Å². The highest BCUT2D eigenvalue weighted by molar-refractivity contribution is 9.10. The number of nitrogens with zero attached hydrogens (tertiary/aromatic N) is 1. The lowest BCUT2D eigenvalue weighted by atomic mass is 10.2. The summed E-state index contributed by atoms with van der Waals surface area (Å²) in [5.74, 6) is -1.53. The van der Waals surface area contributed by atoms with Crippen molar-refractivity contribution in [3.05, 3.63) is 45.4 Å². The Morgan fingerprint density at radius 2 is 1.90 bits per heavy atom. The van der Waals surface area contributed by atoms with Crippen LogP contribution in [0.15, 0.2) is 33.2 Å². The molecule has 0 radical (unpaired) electrons. The van der Waals surface area contributed by atoms with Crippen LogP contribution in [0.5, 0.6) is 0 Å². The number of oxazole rings is 1. The van der Waals surface area contributed by atoms with Crippen molar-refractivity contribution in [1.82, 2.24) is 4.98 Å². The molecule has 0 unspecified atom stereocenters. The molecule has 0 saturated carbocycles. The summed E-state index contributed by atoms with van der Waals surface area (Å²) in [6.07, 6.45) is 0. The number of benzene rings is 2. The van der Waals surface area contributed by atoms with Gasteiger partial charge in [0, 0.05) is 4.47 Å². The molecule has 3 nitrogen and oxygen atoms in total. The van der Waals surface area contributed by atoms with E-state index in [0.29, 0.717) is 21.3 Å². The topological polar surface area (TPSA) is 52.0 Å². The van der Waals surface area contributed by atoms with Crippen molar-refractivity contribution < 1.29 is 13.2 Å². The molecule has 0 bridgehead atoms. The number of fused-ring (bicyclic) bond motifs is 1. The highest BCUT2D eigenvalue weighted by Gasteiger charge is 2.17. The molecule has 3 rings (SSSR count). The maximum absolute atomic E-state index is 13.8. The van der Waals surface area contributed by atoms with Gasteiger partial charge in [0.25, 0.3) is 0 Å². The molecule has 1 aromatic heterocycles. The van der Waals surface area contributed by atoms with Crippen molar-refractivity contribution in [3.63, 3.8) is 0 Å². The van der Waals surface area contributed by atoms with Crippen molar-refractivity contribution in [2.45, 2.75) is 0 Å². The molecule has 2 N–H and O–H groups in total. The summed E-state index contributed by atoms with van der Waals surface area (Å²) in [4.78, 5) is 4.11. The molecule has 0 atom stereocenters.